The van der Waals surface area contributed by atoms with Crippen LogP contribution in [0.25, 0.3) is 11.5 Å². The zero-order valence-electron chi connectivity index (χ0n) is 8.53. The lowest BCUT2D eigenvalue weighted by atomic mass is 10.1. The summed E-state index contributed by atoms with van der Waals surface area (Å²) in [6.45, 7) is 5.90. The monoisotopic (exact) mass is 188 g/mol. The molecule has 1 heterocycles. The molecule has 0 amide bonds. The molecular formula is C11H12N2O. The molecule has 14 heavy (non-hydrogen) atoms. The van der Waals surface area contributed by atoms with Crippen molar-refractivity contribution in [3.8, 4) is 11.5 Å². The molecule has 72 valence electrons. The zero-order valence-corrected chi connectivity index (χ0v) is 8.53. The lowest BCUT2D eigenvalue weighted by Gasteiger charge is -1.99. The molecule has 0 unspecified atom stereocenters. The topological polar surface area (TPSA) is 38.9 Å². The molecule has 2 rings (SSSR count). The van der Waals surface area contributed by atoms with Crippen LogP contribution in [0.15, 0.2) is 22.6 Å². The maximum atomic E-state index is 5.36. The van der Waals surface area contributed by atoms with Gasteiger partial charge in [-0.25, -0.2) is 0 Å². The van der Waals surface area contributed by atoms with Crippen molar-refractivity contribution in [2.75, 3.05) is 0 Å². The molecule has 2 aromatic rings. The molecule has 0 fully saturated rings. The lowest BCUT2D eigenvalue weighted by Crippen LogP contribution is -1.82. The summed E-state index contributed by atoms with van der Waals surface area (Å²) >= 11 is 0. The molecule has 3 heteroatoms. The first kappa shape index (κ1) is 8.94. The van der Waals surface area contributed by atoms with Crippen LogP contribution in [0.4, 0.5) is 0 Å². The number of hydrogen-bond donors (Lipinski definition) is 0. The largest absolute Gasteiger partial charge is 0.421 e. The highest BCUT2D eigenvalue weighted by Crippen LogP contribution is 2.20. The van der Waals surface area contributed by atoms with E-state index in [2.05, 4.69) is 30.1 Å². The second-order valence-electron chi connectivity index (χ2n) is 3.50. The number of hydrogen-bond acceptors (Lipinski definition) is 3. The van der Waals surface area contributed by atoms with E-state index >= 15 is 0 Å². The van der Waals surface area contributed by atoms with Gasteiger partial charge in [-0.05, 0) is 26.0 Å². The molecule has 0 atom stereocenters. The molecule has 1 aromatic carbocycles. The van der Waals surface area contributed by atoms with E-state index in [0.29, 0.717) is 11.8 Å². The average molecular weight is 188 g/mol. The van der Waals surface area contributed by atoms with Crippen molar-refractivity contribution in [3.05, 3.63) is 35.2 Å². The Morgan fingerprint density at radius 2 is 1.57 bits per heavy atom. The highest BCUT2D eigenvalue weighted by Gasteiger charge is 2.06. The van der Waals surface area contributed by atoms with Gasteiger partial charge < -0.3 is 4.42 Å². The van der Waals surface area contributed by atoms with Gasteiger partial charge in [0, 0.05) is 12.5 Å². The van der Waals surface area contributed by atoms with E-state index in [1.165, 1.54) is 11.1 Å². The van der Waals surface area contributed by atoms with Gasteiger partial charge >= 0.3 is 0 Å². The Balaban J connectivity index is 2.51. The second-order valence-corrected chi connectivity index (χ2v) is 3.50. The van der Waals surface area contributed by atoms with Crippen LogP contribution in [0.5, 0.6) is 0 Å². The van der Waals surface area contributed by atoms with Gasteiger partial charge in [0.25, 0.3) is 0 Å². The Morgan fingerprint density at radius 3 is 2.07 bits per heavy atom. The van der Waals surface area contributed by atoms with Gasteiger partial charge in [-0.1, -0.05) is 17.2 Å². The molecule has 0 aliphatic heterocycles. The first-order valence-electron chi connectivity index (χ1n) is 4.54. The van der Waals surface area contributed by atoms with Crippen molar-refractivity contribution >= 4 is 0 Å². The van der Waals surface area contributed by atoms with Gasteiger partial charge in [-0.3, -0.25) is 0 Å². The van der Waals surface area contributed by atoms with Crippen LogP contribution in [0.3, 0.4) is 0 Å². The van der Waals surface area contributed by atoms with Gasteiger partial charge in [-0.15, -0.1) is 10.2 Å². The number of nitrogens with zero attached hydrogens (tertiary/aromatic N) is 2. The number of benzene rings is 1. The maximum absolute atomic E-state index is 5.36. The first-order chi connectivity index (χ1) is 6.65. The van der Waals surface area contributed by atoms with Crippen LogP contribution < -0.4 is 0 Å². The average Bonchev–Trinajstić information content (AvgIpc) is 2.50. The van der Waals surface area contributed by atoms with Gasteiger partial charge in [-0.2, -0.15) is 0 Å². The normalized spacial score (nSPS) is 10.5. The smallest absolute Gasteiger partial charge is 0.247 e. The van der Waals surface area contributed by atoms with Crippen molar-refractivity contribution in [1.82, 2.24) is 10.2 Å². The van der Waals surface area contributed by atoms with E-state index in [1.54, 1.807) is 6.92 Å². The predicted molar refractivity (Wildman–Crippen MR) is 53.9 cm³/mol. The summed E-state index contributed by atoms with van der Waals surface area (Å²) in [5.41, 5.74) is 3.40. The molecule has 1 aromatic heterocycles. The minimum atomic E-state index is 0.592. The van der Waals surface area contributed by atoms with E-state index < -0.39 is 0 Å². The third kappa shape index (κ3) is 1.66. The summed E-state index contributed by atoms with van der Waals surface area (Å²) in [7, 11) is 0. The Labute approximate surface area is 82.8 Å². The fourth-order valence-electron chi connectivity index (χ4n) is 1.51. The van der Waals surface area contributed by atoms with Gasteiger partial charge in [0.15, 0.2) is 0 Å². The van der Waals surface area contributed by atoms with Crippen molar-refractivity contribution in [3.63, 3.8) is 0 Å². The van der Waals surface area contributed by atoms with Crippen LogP contribution >= 0.6 is 0 Å². The lowest BCUT2D eigenvalue weighted by molar-refractivity contribution is 0.532. The summed E-state index contributed by atoms with van der Waals surface area (Å²) in [6.07, 6.45) is 0. The second kappa shape index (κ2) is 3.25. The third-order valence-electron chi connectivity index (χ3n) is 1.99. The molecule has 0 radical (unpaired) electrons. The van der Waals surface area contributed by atoms with E-state index in [4.69, 9.17) is 4.42 Å². The Morgan fingerprint density at radius 1 is 0.929 bits per heavy atom. The van der Waals surface area contributed by atoms with Crippen molar-refractivity contribution in [2.45, 2.75) is 20.8 Å². The minimum absolute atomic E-state index is 0.592. The molecule has 0 spiro atoms. The summed E-state index contributed by atoms with van der Waals surface area (Å²) in [4.78, 5) is 0. The van der Waals surface area contributed by atoms with Crippen LogP contribution in [0.1, 0.15) is 17.0 Å². The molecule has 0 bridgehead atoms. The quantitative estimate of drug-likeness (QED) is 0.690. The molecular weight excluding hydrogens is 176 g/mol. The van der Waals surface area contributed by atoms with Crippen LogP contribution in [-0.2, 0) is 0 Å². The third-order valence-corrected chi connectivity index (χ3v) is 1.99. The number of aromatic nitrogens is 2. The molecule has 0 saturated heterocycles. The standard InChI is InChI=1S/C11H12N2O/c1-7-4-8(2)6-10(5-7)11-13-12-9(3)14-11/h4-6H,1-3H3. The molecule has 0 saturated carbocycles. The highest BCUT2D eigenvalue weighted by molar-refractivity contribution is 5.55. The summed E-state index contributed by atoms with van der Waals surface area (Å²) < 4.78 is 5.36. The van der Waals surface area contributed by atoms with Crippen molar-refractivity contribution in [2.24, 2.45) is 0 Å². The van der Waals surface area contributed by atoms with Crippen molar-refractivity contribution in [1.29, 1.82) is 0 Å². The van der Waals surface area contributed by atoms with E-state index in [9.17, 15) is 0 Å². The molecule has 0 N–H and O–H groups in total. The highest BCUT2D eigenvalue weighted by atomic mass is 16.4. The fourth-order valence-corrected chi connectivity index (χ4v) is 1.51. The Hall–Kier alpha value is -1.64. The summed E-state index contributed by atoms with van der Waals surface area (Å²) in [5.74, 6) is 1.19. The zero-order chi connectivity index (χ0) is 10.1. The molecule has 0 aliphatic rings. The predicted octanol–water partition coefficient (Wildman–Crippen LogP) is 2.66. The van der Waals surface area contributed by atoms with E-state index in [0.717, 1.165) is 5.56 Å². The van der Waals surface area contributed by atoms with Crippen LogP contribution in [0.2, 0.25) is 0 Å². The SMILES string of the molecule is Cc1cc(C)cc(-c2nnc(C)o2)c1. The van der Waals surface area contributed by atoms with E-state index in [-0.39, 0.29) is 0 Å². The summed E-state index contributed by atoms with van der Waals surface area (Å²) in [6, 6.07) is 6.20. The van der Waals surface area contributed by atoms with Gasteiger partial charge in [0.1, 0.15) is 0 Å². The van der Waals surface area contributed by atoms with Crippen LogP contribution in [-0.4, -0.2) is 10.2 Å². The number of aryl methyl sites for hydroxylation is 3. The number of rotatable bonds is 1. The summed E-state index contributed by atoms with van der Waals surface area (Å²) in [5, 5.41) is 7.79. The molecule has 0 aliphatic carbocycles. The Kier molecular flexibility index (Phi) is 2.08. The van der Waals surface area contributed by atoms with E-state index in [1.807, 2.05) is 12.1 Å². The molecule has 3 nitrogen and oxygen atoms in total. The fraction of sp³-hybridized carbons (Fsp3) is 0.273. The first-order valence-corrected chi connectivity index (χ1v) is 4.54. The Bertz CT molecular complexity index is 440. The van der Waals surface area contributed by atoms with Crippen LogP contribution in [0, 0.1) is 20.8 Å². The minimum Gasteiger partial charge on any atom is -0.421 e. The van der Waals surface area contributed by atoms with Gasteiger partial charge in [0.05, 0.1) is 0 Å². The maximum Gasteiger partial charge on any atom is 0.247 e. The van der Waals surface area contributed by atoms with Crippen molar-refractivity contribution < 1.29 is 4.42 Å². The van der Waals surface area contributed by atoms with Gasteiger partial charge in [0.2, 0.25) is 11.8 Å².